The summed E-state index contributed by atoms with van der Waals surface area (Å²) in [5, 5.41) is 2.50. The minimum absolute atomic E-state index is 0.0156. The van der Waals surface area contributed by atoms with Crippen LogP contribution in [0.4, 0.5) is 10.1 Å². The molecule has 1 amide bonds. The molecule has 1 saturated heterocycles. The number of anilines is 1. The molecule has 6 nitrogen and oxygen atoms in total. The molecular weight excluding hydrogens is 325 g/mol. The number of carbonyl (C=O) groups is 2. The summed E-state index contributed by atoms with van der Waals surface area (Å²) in [6.45, 7) is 1.42. The van der Waals surface area contributed by atoms with Gasteiger partial charge >= 0.3 is 5.97 Å². The van der Waals surface area contributed by atoms with E-state index in [0.717, 1.165) is 0 Å². The van der Waals surface area contributed by atoms with Crippen LogP contribution in [0.3, 0.4) is 0 Å². The second kappa shape index (κ2) is 7.08. The quantitative estimate of drug-likeness (QED) is 0.819. The summed E-state index contributed by atoms with van der Waals surface area (Å²) in [5.41, 5.74) is 0.390. The highest BCUT2D eigenvalue weighted by Crippen LogP contribution is 2.22. The summed E-state index contributed by atoms with van der Waals surface area (Å²) < 4.78 is 40.5. The van der Waals surface area contributed by atoms with Crippen molar-refractivity contribution in [2.24, 2.45) is 5.92 Å². The van der Waals surface area contributed by atoms with E-state index in [9.17, 15) is 22.4 Å². The Morgan fingerprint density at radius 2 is 2.00 bits per heavy atom. The third kappa shape index (κ3) is 5.31. The molecule has 8 heteroatoms. The lowest BCUT2D eigenvalue weighted by Gasteiger charge is -2.14. The van der Waals surface area contributed by atoms with Crippen LogP contribution in [0.2, 0.25) is 0 Å². The van der Waals surface area contributed by atoms with Crippen molar-refractivity contribution in [1.82, 2.24) is 0 Å². The van der Waals surface area contributed by atoms with Crippen LogP contribution in [0.25, 0.3) is 0 Å². The van der Waals surface area contributed by atoms with Crippen LogP contribution in [0.1, 0.15) is 19.8 Å². The van der Waals surface area contributed by atoms with Gasteiger partial charge in [0.05, 0.1) is 11.5 Å². The fourth-order valence-corrected chi connectivity index (χ4v) is 4.21. The van der Waals surface area contributed by atoms with E-state index in [1.54, 1.807) is 0 Å². The molecule has 1 aliphatic rings. The van der Waals surface area contributed by atoms with E-state index in [-0.39, 0.29) is 23.8 Å². The van der Waals surface area contributed by atoms with E-state index < -0.39 is 33.6 Å². The van der Waals surface area contributed by atoms with E-state index >= 15 is 0 Å². The Balaban J connectivity index is 1.81. The zero-order chi connectivity index (χ0) is 17.0. The number of benzene rings is 1. The van der Waals surface area contributed by atoms with Gasteiger partial charge in [0.1, 0.15) is 5.82 Å². The highest BCUT2D eigenvalue weighted by molar-refractivity contribution is 7.91. The third-order valence-electron chi connectivity index (χ3n) is 3.57. The molecular formula is C15H18FNO5S. The summed E-state index contributed by atoms with van der Waals surface area (Å²) in [4.78, 5) is 23.7. The Labute approximate surface area is 133 Å². The molecule has 23 heavy (non-hydrogen) atoms. The number of sulfone groups is 1. The molecule has 0 aromatic heterocycles. The predicted molar refractivity (Wildman–Crippen MR) is 82.0 cm³/mol. The molecule has 0 unspecified atom stereocenters. The number of hydrogen-bond donors (Lipinski definition) is 1. The Kier molecular flexibility index (Phi) is 5.35. The van der Waals surface area contributed by atoms with Crippen molar-refractivity contribution in [2.45, 2.75) is 25.9 Å². The largest absolute Gasteiger partial charge is 0.453 e. The second-order valence-electron chi connectivity index (χ2n) is 5.60. The lowest BCUT2D eigenvalue weighted by atomic mass is 10.1. The molecule has 1 fully saturated rings. The van der Waals surface area contributed by atoms with Gasteiger partial charge in [0.25, 0.3) is 5.91 Å². The van der Waals surface area contributed by atoms with Gasteiger partial charge in [-0.05, 0) is 43.5 Å². The summed E-state index contributed by atoms with van der Waals surface area (Å²) in [5.74, 6) is -1.74. The highest BCUT2D eigenvalue weighted by atomic mass is 32.2. The second-order valence-corrected chi connectivity index (χ2v) is 7.83. The van der Waals surface area contributed by atoms with Crippen molar-refractivity contribution in [3.05, 3.63) is 30.1 Å². The summed E-state index contributed by atoms with van der Waals surface area (Å²) in [6, 6.07) is 5.19. The first-order valence-electron chi connectivity index (χ1n) is 7.21. The molecule has 1 aliphatic heterocycles. The molecule has 126 valence electrons. The van der Waals surface area contributed by atoms with Gasteiger partial charge in [-0.25, -0.2) is 12.8 Å². The number of esters is 1. The zero-order valence-corrected chi connectivity index (χ0v) is 13.4. The van der Waals surface area contributed by atoms with Crippen LogP contribution in [-0.2, 0) is 24.2 Å². The number of rotatable bonds is 5. The highest BCUT2D eigenvalue weighted by Gasteiger charge is 2.30. The minimum Gasteiger partial charge on any atom is -0.453 e. The van der Waals surface area contributed by atoms with Crippen LogP contribution in [0, 0.1) is 11.7 Å². The maximum Gasteiger partial charge on any atom is 0.306 e. The first-order chi connectivity index (χ1) is 10.7. The van der Waals surface area contributed by atoms with Crippen molar-refractivity contribution in [2.75, 3.05) is 16.8 Å². The molecule has 1 N–H and O–H groups in total. The molecule has 1 aromatic rings. The van der Waals surface area contributed by atoms with E-state index in [1.165, 1.54) is 31.2 Å². The lowest BCUT2D eigenvalue weighted by Crippen LogP contribution is -2.30. The average molecular weight is 343 g/mol. The number of nitrogens with one attached hydrogen (secondary N) is 1. The molecule has 1 heterocycles. The number of carbonyl (C=O) groups excluding carboxylic acids is 2. The summed E-state index contributed by atoms with van der Waals surface area (Å²) in [7, 11) is -3.05. The van der Waals surface area contributed by atoms with Crippen molar-refractivity contribution in [3.63, 3.8) is 0 Å². The number of hydrogen-bond acceptors (Lipinski definition) is 5. The summed E-state index contributed by atoms with van der Waals surface area (Å²) >= 11 is 0. The van der Waals surface area contributed by atoms with E-state index in [2.05, 4.69) is 5.32 Å². The SMILES string of the molecule is C[C@H](OC(=O)C[C@H]1CCS(=O)(=O)C1)C(=O)Nc1ccc(F)cc1. The van der Waals surface area contributed by atoms with Gasteiger partial charge in [-0.3, -0.25) is 9.59 Å². The Morgan fingerprint density at radius 3 is 2.57 bits per heavy atom. The Bertz CT molecular complexity index is 686. The molecule has 2 rings (SSSR count). The van der Waals surface area contributed by atoms with E-state index in [4.69, 9.17) is 4.74 Å². The maximum atomic E-state index is 12.8. The van der Waals surface area contributed by atoms with Crippen LogP contribution >= 0.6 is 0 Å². The molecule has 0 radical (unpaired) electrons. The molecule has 0 spiro atoms. The summed E-state index contributed by atoms with van der Waals surface area (Å²) in [6.07, 6.45) is -0.605. The zero-order valence-electron chi connectivity index (χ0n) is 12.6. The van der Waals surface area contributed by atoms with E-state index in [1.807, 2.05) is 0 Å². The van der Waals surface area contributed by atoms with Gasteiger partial charge in [0, 0.05) is 12.1 Å². The standard InChI is InChI=1S/C15H18FNO5S/c1-10(15(19)17-13-4-2-12(16)3-5-13)22-14(18)8-11-6-7-23(20,21)9-11/h2-5,10-11H,6-9H2,1H3,(H,17,19)/t10-,11+/m0/s1. The number of ether oxygens (including phenoxy) is 1. The Hall–Kier alpha value is -1.96. The van der Waals surface area contributed by atoms with Gasteiger partial charge in [-0.1, -0.05) is 0 Å². The van der Waals surface area contributed by atoms with Crippen LogP contribution < -0.4 is 5.32 Å². The molecule has 1 aromatic carbocycles. The molecule has 0 aliphatic carbocycles. The monoisotopic (exact) mass is 343 g/mol. The fourth-order valence-electron chi connectivity index (χ4n) is 2.34. The van der Waals surface area contributed by atoms with Crippen LogP contribution in [-0.4, -0.2) is 37.9 Å². The molecule has 0 bridgehead atoms. The van der Waals surface area contributed by atoms with Gasteiger partial charge in [-0.15, -0.1) is 0 Å². The topological polar surface area (TPSA) is 89.5 Å². The molecule has 0 saturated carbocycles. The smallest absolute Gasteiger partial charge is 0.306 e. The average Bonchev–Trinajstić information content (AvgIpc) is 2.80. The first kappa shape index (κ1) is 17.4. The van der Waals surface area contributed by atoms with Crippen molar-refractivity contribution in [1.29, 1.82) is 0 Å². The van der Waals surface area contributed by atoms with Crippen LogP contribution in [0.5, 0.6) is 0 Å². The van der Waals surface area contributed by atoms with Gasteiger partial charge in [-0.2, -0.15) is 0 Å². The van der Waals surface area contributed by atoms with Gasteiger partial charge in [0.2, 0.25) is 0 Å². The minimum atomic E-state index is -3.05. The fraction of sp³-hybridized carbons (Fsp3) is 0.467. The predicted octanol–water partition coefficient (Wildman–Crippen LogP) is 1.52. The Morgan fingerprint density at radius 1 is 1.35 bits per heavy atom. The molecule has 2 atom stereocenters. The number of amides is 1. The van der Waals surface area contributed by atoms with Crippen molar-refractivity contribution in [3.8, 4) is 0 Å². The maximum absolute atomic E-state index is 12.8. The van der Waals surface area contributed by atoms with Crippen molar-refractivity contribution < 1.29 is 27.1 Å². The van der Waals surface area contributed by atoms with Gasteiger partial charge in [0.15, 0.2) is 15.9 Å². The normalized spacial score (nSPS) is 20.7. The third-order valence-corrected chi connectivity index (χ3v) is 5.41. The van der Waals surface area contributed by atoms with Gasteiger partial charge < -0.3 is 10.1 Å². The van der Waals surface area contributed by atoms with E-state index in [0.29, 0.717) is 12.1 Å². The lowest BCUT2D eigenvalue weighted by molar-refractivity contribution is -0.153. The first-order valence-corrected chi connectivity index (χ1v) is 9.03. The van der Waals surface area contributed by atoms with Crippen LogP contribution in [0.15, 0.2) is 24.3 Å². The number of halogens is 1. The van der Waals surface area contributed by atoms with Crippen molar-refractivity contribution >= 4 is 27.4 Å².